The molecule has 0 aliphatic carbocycles. The monoisotopic (exact) mass is 313 g/mol. The Labute approximate surface area is 134 Å². The number of anilines is 2. The molecule has 0 saturated carbocycles. The Kier molecular flexibility index (Phi) is 5.57. The predicted octanol–water partition coefficient (Wildman–Crippen LogP) is 2.23. The zero-order valence-corrected chi connectivity index (χ0v) is 12.8. The number of primary amides is 1. The summed E-state index contributed by atoms with van der Waals surface area (Å²) in [6, 6.07) is 13.8. The molecule has 0 fully saturated rings. The van der Waals surface area contributed by atoms with Crippen LogP contribution in [0.5, 0.6) is 5.75 Å². The molecule has 6 nitrogen and oxygen atoms in total. The van der Waals surface area contributed by atoms with Gasteiger partial charge in [-0.25, -0.2) is 0 Å². The highest BCUT2D eigenvalue weighted by Crippen LogP contribution is 2.23. The summed E-state index contributed by atoms with van der Waals surface area (Å²) in [5, 5.41) is 5.77. The number of para-hydroxylation sites is 2. The molecule has 0 spiro atoms. The third-order valence-corrected chi connectivity index (χ3v) is 3.08. The molecule has 0 bridgehead atoms. The van der Waals surface area contributed by atoms with Gasteiger partial charge >= 0.3 is 0 Å². The van der Waals surface area contributed by atoms with E-state index in [0.717, 1.165) is 5.69 Å². The van der Waals surface area contributed by atoms with E-state index in [2.05, 4.69) is 10.6 Å². The minimum atomic E-state index is -0.503. The summed E-state index contributed by atoms with van der Waals surface area (Å²) in [5.74, 6) is -0.00573. The summed E-state index contributed by atoms with van der Waals surface area (Å²) in [6.07, 6.45) is 0. The van der Waals surface area contributed by atoms with Gasteiger partial charge in [-0.05, 0) is 43.3 Å². The number of carbonyl (C=O) groups excluding carboxylic acids is 2. The summed E-state index contributed by atoms with van der Waals surface area (Å²) in [5.41, 5.74) is 6.92. The van der Waals surface area contributed by atoms with Crippen LogP contribution in [0.1, 0.15) is 17.3 Å². The third kappa shape index (κ3) is 4.74. The van der Waals surface area contributed by atoms with Crippen LogP contribution in [-0.4, -0.2) is 25.0 Å². The smallest absolute Gasteiger partial charge is 0.248 e. The maximum Gasteiger partial charge on any atom is 0.248 e. The minimum absolute atomic E-state index is 0.0989. The van der Waals surface area contributed by atoms with Gasteiger partial charge in [0.1, 0.15) is 5.75 Å². The molecule has 120 valence electrons. The van der Waals surface area contributed by atoms with Crippen molar-refractivity contribution in [3.8, 4) is 5.75 Å². The molecule has 2 amide bonds. The second-order valence-corrected chi connectivity index (χ2v) is 4.77. The molecule has 0 unspecified atom stereocenters. The number of ether oxygens (including phenoxy) is 1. The van der Waals surface area contributed by atoms with Crippen LogP contribution < -0.4 is 21.1 Å². The van der Waals surface area contributed by atoms with Crippen LogP contribution in [0.15, 0.2) is 48.5 Å². The number of nitrogens with two attached hydrogens (primary N) is 1. The van der Waals surface area contributed by atoms with Gasteiger partial charge in [-0.15, -0.1) is 0 Å². The number of rotatable bonds is 7. The lowest BCUT2D eigenvalue weighted by molar-refractivity contribution is -0.114. The Morgan fingerprint density at radius 1 is 1.09 bits per heavy atom. The third-order valence-electron chi connectivity index (χ3n) is 3.08. The highest BCUT2D eigenvalue weighted by Gasteiger charge is 2.06. The summed E-state index contributed by atoms with van der Waals surface area (Å²) >= 11 is 0. The molecule has 0 aliphatic heterocycles. The zero-order chi connectivity index (χ0) is 16.7. The molecule has 0 radical (unpaired) electrons. The summed E-state index contributed by atoms with van der Waals surface area (Å²) in [6.45, 7) is 2.55. The number of hydrogen-bond donors (Lipinski definition) is 3. The molecule has 0 atom stereocenters. The average Bonchev–Trinajstić information content (AvgIpc) is 2.55. The fraction of sp³-hybridized carbons (Fsp3) is 0.176. The minimum Gasteiger partial charge on any atom is -0.492 e. The van der Waals surface area contributed by atoms with Gasteiger partial charge in [0.15, 0.2) is 0 Å². The molecule has 4 N–H and O–H groups in total. The van der Waals surface area contributed by atoms with Crippen LogP contribution in [-0.2, 0) is 4.79 Å². The lowest BCUT2D eigenvalue weighted by Crippen LogP contribution is -2.22. The molecule has 0 aliphatic rings. The normalized spacial score (nSPS) is 9.96. The topological polar surface area (TPSA) is 93.4 Å². The van der Waals surface area contributed by atoms with E-state index in [1.807, 2.05) is 31.2 Å². The molecule has 0 saturated heterocycles. The fourth-order valence-corrected chi connectivity index (χ4v) is 1.99. The van der Waals surface area contributed by atoms with Crippen molar-refractivity contribution < 1.29 is 14.3 Å². The second kappa shape index (κ2) is 7.84. The molecule has 0 aromatic heterocycles. The van der Waals surface area contributed by atoms with Gasteiger partial charge in [-0.1, -0.05) is 12.1 Å². The Morgan fingerprint density at radius 2 is 1.78 bits per heavy atom. The lowest BCUT2D eigenvalue weighted by Gasteiger charge is -2.12. The van der Waals surface area contributed by atoms with E-state index < -0.39 is 5.91 Å². The Morgan fingerprint density at radius 3 is 2.43 bits per heavy atom. The molecular formula is C17H19N3O3. The number of nitrogens with one attached hydrogen (secondary N) is 2. The molecule has 6 heteroatoms. The van der Waals surface area contributed by atoms with Crippen LogP contribution in [0.3, 0.4) is 0 Å². The van der Waals surface area contributed by atoms with Gasteiger partial charge in [0.2, 0.25) is 11.8 Å². The summed E-state index contributed by atoms with van der Waals surface area (Å²) in [7, 11) is 0. The molecule has 2 rings (SSSR count). The Balaban J connectivity index is 1.91. The van der Waals surface area contributed by atoms with Crippen LogP contribution in [0, 0.1) is 0 Å². The Bertz CT molecular complexity index is 684. The molecular weight excluding hydrogens is 294 g/mol. The predicted molar refractivity (Wildman–Crippen MR) is 89.7 cm³/mol. The van der Waals surface area contributed by atoms with E-state index in [1.54, 1.807) is 24.3 Å². The first-order valence-electron chi connectivity index (χ1n) is 7.25. The number of carbonyl (C=O) groups is 2. The Hall–Kier alpha value is -3.02. The van der Waals surface area contributed by atoms with Crippen molar-refractivity contribution >= 4 is 23.2 Å². The van der Waals surface area contributed by atoms with Gasteiger partial charge < -0.3 is 21.1 Å². The van der Waals surface area contributed by atoms with Gasteiger partial charge in [0, 0.05) is 11.3 Å². The highest BCUT2D eigenvalue weighted by atomic mass is 16.5. The quantitative estimate of drug-likeness (QED) is 0.730. The van der Waals surface area contributed by atoms with Crippen LogP contribution in [0.2, 0.25) is 0 Å². The van der Waals surface area contributed by atoms with E-state index in [1.165, 1.54) is 0 Å². The maximum absolute atomic E-state index is 12.0. The SMILES string of the molecule is CCOc1ccccc1NCC(=O)Nc1ccc(C(N)=O)cc1. The van der Waals surface area contributed by atoms with Gasteiger partial charge in [0.05, 0.1) is 18.8 Å². The number of hydrogen-bond acceptors (Lipinski definition) is 4. The van der Waals surface area contributed by atoms with Crippen LogP contribution in [0.4, 0.5) is 11.4 Å². The molecule has 2 aromatic carbocycles. The van der Waals surface area contributed by atoms with Crippen molar-refractivity contribution in [1.29, 1.82) is 0 Å². The molecule has 2 aromatic rings. The van der Waals surface area contributed by atoms with Gasteiger partial charge in [0.25, 0.3) is 0 Å². The average molecular weight is 313 g/mol. The summed E-state index contributed by atoms with van der Waals surface area (Å²) in [4.78, 5) is 23.0. The van der Waals surface area contributed by atoms with Crippen LogP contribution in [0.25, 0.3) is 0 Å². The van der Waals surface area contributed by atoms with E-state index in [-0.39, 0.29) is 12.5 Å². The van der Waals surface area contributed by atoms with E-state index in [4.69, 9.17) is 10.5 Å². The van der Waals surface area contributed by atoms with Crippen molar-refractivity contribution in [3.63, 3.8) is 0 Å². The lowest BCUT2D eigenvalue weighted by atomic mass is 10.2. The van der Waals surface area contributed by atoms with Gasteiger partial charge in [-0.3, -0.25) is 9.59 Å². The maximum atomic E-state index is 12.0. The second-order valence-electron chi connectivity index (χ2n) is 4.77. The van der Waals surface area contributed by atoms with E-state index in [0.29, 0.717) is 23.6 Å². The largest absolute Gasteiger partial charge is 0.492 e. The fourth-order valence-electron chi connectivity index (χ4n) is 1.99. The number of benzene rings is 2. The summed E-state index contributed by atoms with van der Waals surface area (Å²) < 4.78 is 5.49. The number of amides is 2. The van der Waals surface area contributed by atoms with Crippen molar-refractivity contribution in [2.45, 2.75) is 6.92 Å². The van der Waals surface area contributed by atoms with Crippen molar-refractivity contribution in [3.05, 3.63) is 54.1 Å². The van der Waals surface area contributed by atoms with Crippen molar-refractivity contribution in [2.75, 3.05) is 23.8 Å². The molecule has 23 heavy (non-hydrogen) atoms. The van der Waals surface area contributed by atoms with Gasteiger partial charge in [-0.2, -0.15) is 0 Å². The molecule has 0 heterocycles. The zero-order valence-electron chi connectivity index (χ0n) is 12.8. The van der Waals surface area contributed by atoms with E-state index in [9.17, 15) is 9.59 Å². The van der Waals surface area contributed by atoms with E-state index >= 15 is 0 Å². The van der Waals surface area contributed by atoms with Crippen molar-refractivity contribution in [2.24, 2.45) is 5.73 Å². The first-order valence-corrected chi connectivity index (χ1v) is 7.25. The first kappa shape index (κ1) is 16.4. The highest BCUT2D eigenvalue weighted by molar-refractivity contribution is 5.96. The first-order chi connectivity index (χ1) is 11.1. The van der Waals surface area contributed by atoms with Crippen LogP contribution >= 0.6 is 0 Å². The van der Waals surface area contributed by atoms with Crippen molar-refractivity contribution in [1.82, 2.24) is 0 Å². The standard InChI is InChI=1S/C17H19N3O3/c1-2-23-15-6-4-3-5-14(15)19-11-16(21)20-13-9-7-12(8-10-13)17(18)22/h3-10,19H,2,11H2,1H3,(H2,18,22)(H,20,21).